The molecule has 6 nitrogen and oxygen atoms in total. The van der Waals surface area contributed by atoms with Crippen LogP contribution in [0.5, 0.6) is 0 Å². The molecule has 0 saturated heterocycles. The zero-order valence-corrected chi connectivity index (χ0v) is 11.3. The van der Waals surface area contributed by atoms with Gasteiger partial charge >= 0.3 is 5.97 Å². The summed E-state index contributed by atoms with van der Waals surface area (Å²) in [6.45, 7) is 5.30. The van der Waals surface area contributed by atoms with Crippen molar-refractivity contribution >= 4 is 17.6 Å². The van der Waals surface area contributed by atoms with Crippen molar-refractivity contribution < 1.29 is 9.53 Å². The van der Waals surface area contributed by atoms with E-state index in [1.807, 2.05) is 13.1 Å². The predicted molar refractivity (Wildman–Crippen MR) is 70.6 cm³/mol. The number of hydrogen-bond acceptors (Lipinski definition) is 6. The second-order valence-electron chi connectivity index (χ2n) is 4.47. The van der Waals surface area contributed by atoms with Crippen LogP contribution < -0.4 is 10.2 Å². The van der Waals surface area contributed by atoms with Crippen LogP contribution in [-0.2, 0) is 9.53 Å². The third kappa shape index (κ3) is 4.57. The average Bonchev–Trinajstić information content (AvgIpc) is 2.35. The molecule has 0 aliphatic carbocycles. The number of anilines is 2. The fourth-order valence-corrected chi connectivity index (χ4v) is 1.53. The molecule has 0 bridgehead atoms. The molecule has 18 heavy (non-hydrogen) atoms. The molecule has 100 valence electrons. The van der Waals surface area contributed by atoms with Gasteiger partial charge in [-0.1, -0.05) is 13.8 Å². The second-order valence-corrected chi connectivity index (χ2v) is 4.47. The number of carbonyl (C=O) groups excluding carboxylic acids is 1. The Labute approximate surface area is 107 Å². The molecule has 0 fully saturated rings. The lowest BCUT2D eigenvalue weighted by atomic mass is 10.2. The standard InChI is InChI=1S/C12H20N4O2/c1-9(2)7-16(3)11-5-10(14-8-15-11)13-6-12(17)18-4/h5,8-9H,6-7H2,1-4H3,(H,13,14,15). The molecule has 0 amide bonds. The lowest BCUT2D eigenvalue weighted by Gasteiger charge is -2.20. The van der Waals surface area contributed by atoms with E-state index in [2.05, 4.69) is 38.8 Å². The first-order chi connectivity index (χ1) is 8.52. The van der Waals surface area contributed by atoms with Crippen LogP contribution in [0, 0.1) is 5.92 Å². The van der Waals surface area contributed by atoms with Crippen LogP contribution in [0.15, 0.2) is 12.4 Å². The predicted octanol–water partition coefficient (Wildman–Crippen LogP) is 1.15. The van der Waals surface area contributed by atoms with Gasteiger partial charge in [-0.25, -0.2) is 9.97 Å². The number of methoxy groups -OCH3 is 1. The minimum absolute atomic E-state index is 0.0981. The molecule has 1 rings (SSSR count). The number of nitrogens with one attached hydrogen (secondary N) is 1. The van der Waals surface area contributed by atoms with E-state index in [1.165, 1.54) is 13.4 Å². The summed E-state index contributed by atoms with van der Waals surface area (Å²) in [5.41, 5.74) is 0. The van der Waals surface area contributed by atoms with Crippen LogP contribution in [0.4, 0.5) is 11.6 Å². The molecule has 1 heterocycles. The van der Waals surface area contributed by atoms with Crippen molar-refractivity contribution in [3.8, 4) is 0 Å². The summed E-state index contributed by atoms with van der Waals surface area (Å²) < 4.78 is 4.55. The van der Waals surface area contributed by atoms with Gasteiger partial charge < -0.3 is 15.0 Å². The highest BCUT2D eigenvalue weighted by molar-refractivity contribution is 5.74. The average molecular weight is 252 g/mol. The minimum Gasteiger partial charge on any atom is -0.468 e. The number of hydrogen-bond donors (Lipinski definition) is 1. The van der Waals surface area contributed by atoms with Gasteiger partial charge in [-0.15, -0.1) is 0 Å². The van der Waals surface area contributed by atoms with Gasteiger partial charge in [-0.3, -0.25) is 4.79 Å². The van der Waals surface area contributed by atoms with E-state index in [-0.39, 0.29) is 12.5 Å². The third-order valence-electron chi connectivity index (χ3n) is 2.32. The maximum absolute atomic E-state index is 11.0. The summed E-state index contributed by atoms with van der Waals surface area (Å²) in [6.07, 6.45) is 1.48. The van der Waals surface area contributed by atoms with E-state index >= 15 is 0 Å². The molecule has 0 atom stereocenters. The molecule has 0 spiro atoms. The molecule has 0 aliphatic heterocycles. The molecule has 1 aromatic heterocycles. The fraction of sp³-hybridized carbons (Fsp3) is 0.583. The van der Waals surface area contributed by atoms with E-state index in [9.17, 15) is 4.79 Å². The Balaban J connectivity index is 2.64. The van der Waals surface area contributed by atoms with Crippen molar-refractivity contribution in [1.29, 1.82) is 0 Å². The maximum atomic E-state index is 11.0. The number of ether oxygens (including phenoxy) is 1. The normalized spacial score (nSPS) is 10.3. The second kappa shape index (κ2) is 6.78. The monoisotopic (exact) mass is 252 g/mol. The van der Waals surface area contributed by atoms with Crippen LogP contribution in [0.3, 0.4) is 0 Å². The largest absolute Gasteiger partial charge is 0.468 e. The number of aromatic nitrogens is 2. The van der Waals surface area contributed by atoms with Gasteiger partial charge in [0.1, 0.15) is 24.5 Å². The lowest BCUT2D eigenvalue weighted by molar-refractivity contribution is -0.138. The van der Waals surface area contributed by atoms with Crippen molar-refractivity contribution in [3.05, 3.63) is 12.4 Å². The first-order valence-corrected chi connectivity index (χ1v) is 5.86. The summed E-state index contributed by atoms with van der Waals surface area (Å²) in [7, 11) is 3.33. The molecule has 1 N–H and O–H groups in total. The van der Waals surface area contributed by atoms with Crippen molar-refractivity contribution in [1.82, 2.24) is 9.97 Å². The topological polar surface area (TPSA) is 67.3 Å². The van der Waals surface area contributed by atoms with E-state index in [0.29, 0.717) is 11.7 Å². The Hall–Kier alpha value is -1.85. The van der Waals surface area contributed by atoms with E-state index in [4.69, 9.17) is 0 Å². The summed E-state index contributed by atoms with van der Waals surface area (Å²) in [5, 5.41) is 2.89. The number of esters is 1. The van der Waals surface area contributed by atoms with Crippen LogP contribution in [0.25, 0.3) is 0 Å². The maximum Gasteiger partial charge on any atom is 0.325 e. The van der Waals surface area contributed by atoms with Crippen LogP contribution >= 0.6 is 0 Å². The van der Waals surface area contributed by atoms with Gasteiger partial charge in [0.2, 0.25) is 0 Å². The first kappa shape index (κ1) is 14.2. The SMILES string of the molecule is COC(=O)CNc1cc(N(C)CC(C)C)ncn1. The van der Waals surface area contributed by atoms with Crippen LogP contribution in [0.2, 0.25) is 0 Å². The molecular weight excluding hydrogens is 232 g/mol. The molecule has 0 aromatic carbocycles. The van der Waals surface area contributed by atoms with Crippen molar-refractivity contribution in [2.24, 2.45) is 5.92 Å². The van der Waals surface area contributed by atoms with Crippen LogP contribution in [-0.4, -0.2) is 43.2 Å². The third-order valence-corrected chi connectivity index (χ3v) is 2.32. The van der Waals surface area contributed by atoms with Crippen molar-refractivity contribution in [3.63, 3.8) is 0 Å². The minimum atomic E-state index is -0.328. The van der Waals surface area contributed by atoms with E-state index < -0.39 is 0 Å². The molecule has 0 saturated carbocycles. The first-order valence-electron chi connectivity index (χ1n) is 5.86. The Kier molecular flexibility index (Phi) is 5.35. The molecule has 0 unspecified atom stereocenters. The van der Waals surface area contributed by atoms with E-state index in [0.717, 1.165) is 12.4 Å². The highest BCUT2D eigenvalue weighted by Crippen LogP contribution is 2.13. The summed E-state index contributed by atoms with van der Waals surface area (Å²) in [5.74, 6) is 1.66. The fourth-order valence-electron chi connectivity index (χ4n) is 1.53. The Morgan fingerprint density at radius 2 is 2.22 bits per heavy atom. The van der Waals surface area contributed by atoms with Gasteiger partial charge in [0.25, 0.3) is 0 Å². The summed E-state index contributed by atoms with van der Waals surface area (Å²) in [4.78, 5) is 21.3. The zero-order chi connectivity index (χ0) is 13.5. The van der Waals surface area contributed by atoms with Gasteiger partial charge in [-0.05, 0) is 5.92 Å². The molecule has 0 aliphatic rings. The van der Waals surface area contributed by atoms with Crippen LogP contribution in [0.1, 0.15) is 13.8 Å². The number of nitrogens with zero attached hydrogens (tertiary/aromatic N) is 3. The number of carbonyl (C=O) groups is 1. The number of rotatable bonds is 6. The van der Waals surface area contributed by atoms with Gasteiger partial charge in [0, 0.05) is 19.7 Å². The smallest absolute Gasteiger partial charge is 0.325 e. The van der Waals surface area contributed by atoms with Gasteiger partial charge in [0.05, 0.1) is 7.11 Å². The zero-order valence-electron chi connectivity index (χ0n) is 11.3. The van der Waals surface area contributed by atoms with Crippen molar-refractivity contribution in [2.45, 2.75) is 13.8 Å². The molecule has 6 heteroatoms. The Morgan fingerprint density at radius 3 is 2.83 bits per heavy atom. The Morgan fingerprint density at radius 1 is 1.50 bits per heavy atom. The molecule has 1 aromatic rings. The highest BCUT2D eigenvalue weighted by atomic mass is 16.5. The Bertz CT molecular complexity index is 395. The lowest BCUT2D eigenvalue weighted by Crippen LogP contribution is -2.24. The summed E-state index contributed by atoms with van der Waals surface area (Å²) in [6, 6.07) is 1.81. The van der Waals surface area contributed by atoms with Gasteiger partial charge in [-0.2, -0.15) is 0 Å². The molecule has 0 radical (unpaired) electrons. The van der Waals surface area contributed by atoms with E-state index in [1.54, 1.807) is 0 Å². The van der Waals surface area contributed by atoms with Gasteiger partial charge in [0.15, 0.2) is 0 Å². The molecular formula is C12H20N4O2. The van der Waals surface area contributed by atoms with Crippen molar-refractivity contribution in [2.75, 3.05) is 37.5 Å². The summed E-state index contributed by atoms with van der Waals surface area (Å²) >= 11 is 0. The highest BCUT2D eigenvalue weighted by Gasteiger charge is 2.07. The quantitative estimate of drug-likeness (QED) is 0.766.